The third-order valence-corrected chi connectivity index (χ3v) is 2.35. The highest BCUT2D eigenvalue weighted by Crippen LogP contribution is 2.14. The first-order chi connectivity index (χ1) is 7.56. The van der Waals surface area contributed by atoms with Gasteiger partial charge in [-0.05, 0) is 19.1 Å². The second-order valence-corrected chi connectivity index (χ2v) is 3.61. The first kappa shape index (κ1) is 12.5. The molecule has 4 nitrogen and oxygen atoms in total. The van der Waals surface area contributed by atoms with Gasteiger partial charge >= 0.3 is 5.97 Å². The summed E-state index contributed by atoms with van der Waals surface area (Å²) in [5.41, 5.74) is 0.333. The SMILES string of the molecule is COC(=O)[C@@H](C)NC(=O)c1ccccc1Cl. The molecular formula is C11H12ClNO3. The number of hydrogen-bond donors (Lipinski definition) is 1. The van der Waals surface area contributed by atoms with Gasteiger partial charge < -0.3 is 10.1 Å². The van der Waals surface area contributed by atoms with E-state index in [1.54, 1.807) is 31.2 Å². The highest BCUT2D eigenvalue weighted by Gasteiger charge is 2.17. The van der Waals surface area contributed by atoms with Crippen molar-refractivity contribution in [2.45, 2.75) is 13.0 Å². The lowest BCUT2D eigenvalue weighted by Gasteiger charge is -2.11. The first-order valence-electron chi connectivity index (χ1n) is 4.69. The van der Waals surface area contributed by atoms with Crippen LogP contribution in [0.2, 0.25) is 5.02 Å². The van der Waals surface area contributed by atoms with E-state index in [2.05, 4.69) is 10.1 Å². The zero-order valence-electron chi connectivity index (χ0n) is 8.99. The summed E-state index contributed by atoms with van der Waals surface area (Å²) in [6, 6.07) is 5.92. The molecule has 1 rings (SSSR count). The molecule has 1 amide bonds. The van der Waals surface area contributed by atoms with Crippen molar-refractivity contribution in [3.63, 3.8) is 0 Å². The van der Waals surface area contributed by atoms with E-state index >= 15 is 0 Å². The van der Waals surface area contributed by atoms with E-state index in [1.807, 2.05) is 0 Å². The summed E-state index contributed by atoms with van der Waals surface area (Å²) in [4.78, 5) is 22.8. The molecule has 0 heterocycles. The van der Waals surface area contributed by atoms with Crippen LogP contribution in [0.15, 0.2) is 24.3 Å². The van der Waals surface area contributed by atoms with Crippen molar-refractivity contribution < 1.29 is 14.3 Å². The predicted molar refractivity (Wildman–Crippen MR) is 60.4 cm³/mol. The minimum atomic E-state index is -0.700. The van der Waals surface area contributed by atoms with Crippen LogP contribution in [0, 0.1) is 0 Å². The summed E-state index contributed by atoms with van der Waals surface area (Å²) in [7, 11) is 1.26. The van der Waals surface area contributed by atoms with Gasteiger partial charge in [-0.25, -0.2) is 4.79 Å². The maximum Gasteiger partial charge on any atom is 0.328 e. The van der Waals surface area contributed by atoms with Crippen LogP contribution in [-0.4, -0.2) is 25.0 Å². The lowest BCUT2D eigenvalue weighted by atomic mass is 10.2. The minimum absolute atomic E-state index is 0.333. The van der Waals surface area contributed by atoms with Crippen LogP contribution in [-0.2, 0) is 9.53 Å². The molecule has 1 aromatic carbocycles. The van der Waals surface area contributed by atoms with Gasteiger partial charge in [-0.15, -0.1) is 0 Å². The van der Waals surface area contributed by atoms with Crippen molar-refractivity contribution in [1.29, 1.82) is 0 Å². The lowest BCUT2D eigenvalue weighted by molar-refractivity contribution is -0.142. The average molecular weight is 242 g/mol. The van der Waals surface area contributed by atoms with E-state index in [1.165, 1.54) is 7.11 Å². The molecule has 1 atom stereocenters. The van der Waals surface area contributed by atoms with Gasteiger partial charge in [-0.2, -0.15) is 0 Å². The topological polar surface area (TPSA) is 55.4 Å². The summed E-state index contributed by atoms with van der Waals surface area (Å²) in [5, 5.41) is 2.83. The highest BCUT2D eigenvalue weighted by molar-refractivity contribution is 6.33. The Morgan fingerprint density at radius 2 is 2.00 bits per heavy atom. The molecule has 0 bridgehead atoms. The van der Waals surface area contributed by atoms with Crippen molar-refractivity contribution in [2.75, 3.05) is 7.11 Å². The molecule has 0 aliphatic rings. The number of hydrogen-bond acceptors (Lipinski definition) is 3. The van der Waals surface area contributed by atoms with Crippen molar-refractivity contribution in [1.82, 2.24) is 5.32 Å². The third kappa shape index (κ3) is 2.97. The van der Waals surface area contributed by atoms with Crippen LogP contribution < -0.4 is 5.32 Å². The number of halogens is 1. The standard InChI is InChI=1S/C11H12ClNO3/c1-7(11(15)16-2)13-10(14)8-5-3-4-6-9(8)12/h3-7H,1-2H3,(H,13,14)/t7-/m1/s1. The number of ether oxygens (including phenoxy) is 1. The van der Waals surface area contributed by atoms with E-state index in [0.29, 0.717) is 10.6 Å². The van der Waals surface area contributed by atoms with Crippen LogP contribution in [0.3, 0.4) is 0 Å². The largest absolute Gasteiger partial charge is 0.467 e. The molecule has 0 unspecified atom stereocenters. The van der Waals surface area contributed by atoms with Crippen LogP contribution in [0.1, 0.15) is 17.3 Å². The van der Waals surface area contributed by atoms with Crippen molar-refractivity contribution in [3.05, 3.63) is 34.9 Å². The number of rotatable bonds is 3. The van der Waals surface area contributed by atoms with E-state index < -0.39 is 17.9 Å². The zero-order valence-corrected chi connectivity index (χ0v) is 9.75. The molecule has 0 fully saturated rings. The lowest BCUT2D eigenvalue weighted by Crippen LogP contribution is -2.39. The molecule has 0 aromatic heterocycles. The number of benzene rings is 1. The van der Waals surface area contributed by atoms with E-state index in [9.17, 15) is 9.59 Å². The molecule has 16 heavy (non-hydrogen) atoms. The van der Waals surface area contributed by atoms with Crippen LogP contribution in [0.5, 0.6) is 0 Å². The minimum Gasteiger partial charge on any atom is -0.467 e. The van der Waals surface area contributed by atoms with E-state index in [0.717, 1.165) is 0 Å². The fourth-order valence-electron chi connectivity index (χ4n) is 1.16. The quantitative estimate of drug-likeness (QED) is 0.819. The van der Waals surface area contributed by atoms with E-state index in [4.69, 9.17) is 11.6 Å². The maximum absolute atomic E-state index is 11.7. The maximum atomic E-state index is 11.7. The Hall–Kier alpha value is -1.55. The third-order valence-electron chi connectivity index (χ3n) is 2.02. The Morgan fingerprint density at radius 1 is 1.38 bits per heavy atom. The Balaban J connectivity index is 2.73. The van der Waals surface area contributed by atoms with Gasteiger partial charge in [-0.1, -0.05) is 23.7 Å². The number of nitrogens with one attached hydrogen (secondary N) is 1. The summed E-state index contributed by atoms with van der Waals surface area (Å²) < 4.78 is 4.49. The second-order valence-electron chi connectivity index (χ2n) is 3.20. The number of amides is 1. The van der Waals surface area contributed by atoms with Crippen molar-refractivity contribution in [3.8, 4) is 0 Å². The number of carbonyl (C=O) groups excluding carboxylic acids is 2. The van der Waals surface area contributed by atoms with Gasteiger partial charge in [0.25, 0.3) is 5.91 Å². The Labute approximate surface area is 98.5 Å². The van der Waals surface area contributed by atoms with Gasteiger partial charge in [0.15, 0.2) is 0 Å². The van der Waals surface area contributed by atoms with Crippen LogP contribution >= 0.6 is 11.6 Å². The monoisotopic (exact) mass is 241 g/mol. The second kappa shape index (κ2) is 5.51. The molecular weight excluding hydrogens is 230 g/mol. The molecule has 1 aromatic rings. The average Bonchev–Trinajstić information content (AvgIpc) is 2.28. The molecule has 0 spiro atoms. The number of methoxy groups -OCH3 is 1. The molecule has 0 saturated carbocycles. The van der Waals surface area contributed by atoms with Crippen LogP contribution in [0.4, 0.5) is 0 Å². The Morgan fingerprint density at radius 3 is 2.56 bits per heavy atom. The van der Waals surface area contributed by atoms with Crippen LogP contribution in [0.25, 0.3) is 0 Å². The molecule has 0 aliphatic carbocycles. The summed E-state index contributed by atoms with van der Waals surface area (Å²) in [5.74, 6) is -0.899. The fourth-order valence-corrected chi connectivity index (χ4v) is 1.38. The van der Waals surface area contributed by atoms with E-state index in [-0.39, 0.29) is 0 Å². The molecule has 1 N–H and O–H groups in total. The first-order valence-corrected chi connectivity index (χ1v) is 5.07. The fraction of sp³-hybridized carbons (Fsp3) is 0.273. The van der Waals surface area contributed by atoms with Gasteiger partial charge in [-0.3, -0.25) is 4.79 Å². The number of carbonyl (C=O) groups is 2. The highest BCUT2D eigenvalue weighted by atomic mass is 35.5. The smallest absolute Gasteiger partial charge is 0.328 e. The van der Waals surface area contributed by atoms with Crippen molar-refractivity contribution in [2.24, 2.45) is 0 Å². The van der Waals surface area contributed by atoms with Gasteiger partial charge in [0.1, 0.15) is 6.04 Å². The summed E-state index contributed by atoms with van der Waals surface area (Å²) in [6.45, 7) is 1.54. The predicted octanol–water partition coefficient (Wildman–Crippen LogP) is 1.63. The Bertz CT molecular complexity index is 406. The molecule has 0 saturated heterocycles. The summed E-state index contributed by atoms with van der Waals surface area (Å²) in [6.07, 6.45) is 0. The number of esters is 1. The molecule has 0 radical (unpaired) electrons. The van der Waals surface area contributed by atoms with Crippen molar-refractivity contribution >= 4 is 23.5 Å². The van der Waals surface area contributed by atoms with Gasteiger partial charge in [0, 0.05) is 0 Å². The van der Waals surface area contributed by atoms with Gasteiger partial charge in [0.05, 0.1) is 17.7 Å². The molecule has 0 aliphatic heterocycles. The molecule has 5 heteroatoms. The summed E-state index contributed by atoms with van der Waals surface area (Å²) >= 11 is 5.84. The van der Waals surface area contributed by atoms with Gasteiger partial charge in [0.2, 0.25) is 0 Å². The molecule has 86 valence electrons. The normalized spacial score (nSPS) is 11.7. The Kier molecular flexibility index (Phi) is 4.31. The zero-order chi connectivity index (χ0) is 12.1.